The Morgan fingerprint density at radius 3 is 1.08 bits per heavy atom. The number of hydrogen-bond acceptors (Lipinski definition) is 28. The number of carboxylic acid groups (broad SMARTS) is 1. The molecule has 0 aromatic rings. The van der Waals surface area contributed by atoms with Gasteiger partial charge < -0.3 is 86.4 Å². The van der Waals surface area contributed by atoms with Crippen LogP contribution in [0.25, 0.3) is 0 Å². The summed E-state index contributed by atoms with van der Waals surface area (Å²) in [5.41, 5.74) is -5.80. The molecule has 29 nitrogen and oxygen atoms in total. The average molecular weight is 2050 g/mol. The van der Waals surface area contributed by atoms with Gasteiger partial charge in [-0.3, -0.25) is 47.9 Å². The molecule has 16 saturated carbocycles. The van der Waals surface area contributed by atoms with Gasteiger partial charge in [-0.05, 0) is 407 Å². The second kappa shape index (κ2) is 41.3. The Hall–Kier alpha value is -6.11. The Bertz CT molecular complexity index is 4590. The SMILES string of the molecule is CCC(C)(C)C(=O)O.CCC(C)(C)C(=O)OC1(CC)C2CC3CC(C2)CC1C3.CCC(C)(C)C(=O)OC1(CC)CC2CC1C1C3CCC(C3)C21.CCC(C)(C)C(=O)OC12CC3CC(CC(O)(C3)C1)C2.CCC(C)(C)C(=O)OC12CC3CC(CC(O)(C3)C1)C2.CCC(C)(C)C(=O)OC1C(=O)OC2C3OC(C)(C)OC3OC12.CCC(C)(C)C(=O)OC1C2CC3C(=O)OC1C3O2.CCC(C)(C)C(=O)OC1C2CC3C(=O)OC1C3O2. The molecule has 26 unspecified atom stereocenters. The van der Waals surface area contributed by atoms with E-state index >= 15 is 0 Å². The fourth-order valence-corrected chi connectivity index (χ4v) is 30.0. The highest BCUT2D eigenvalue weighted by atomic mass is 16.9. The van der Waals surface area contributed by atoms with Gasteiger partial charge in [0.25, 0.3) is 0 Å². The van der Waals surface area contributed by atoms with E-state index in [2.05, 4.69) is 27.7 Å². The van der Waals surface area contributed by atoms with Crippen LogP contribution in [0.4, 0.5) is 0 Å². The standard InChI is InChI=1S/C20H32O2.C18H30O2.2C16H26O3.C15H22O7.2C13H18O5.C6H12O2/c1-5-19(3,4)18(21)22-20(6-2)11-14-10-15(20)17-13-8-7-12(9-13)16(14)17;1-5-17(3,4)16(19)20-18(6-2)14-8-12-7-13(10-14)11-15(18)9-12;2*1-4-14(2,3)13(17)19-16-8-11-5-12(9-16)7-15(18,6-11)10-16;1-6-14(2,3)13(17)20-9-7-8(18-11(9)16)10-12(19-7)22-15(4,5)21-10;2*1-4-13(2,3)12(15)18-9-7-5-6-8(16-7)10(9)17-11(6)14;1-4-6(2,3)5(7)8/h12-17H,5-11H2,1-4H3;12-15H,5-11H2,1-4H3;2*11-12,18H,4-10H2,1-3H3;7-10,12H,6H2,1-5H3;2*6-10H,4-5H2,1-3H3;4H2,1-3H3,(H,7,8). The van der Waals surface area contributed by atoms with Crippen molar-refractivity contribution in [1.29, 1.82) is 0 Å². The van der Waals surface area contributed by atoms with Crippen molar-refractivity contribution < 1.29 is 139 Å². The van der Waals surface area contributed by atoms with Crippen molar-refractivity contribution in [3.63, 3.8) is 0 Å². The molecule has 0 spiro atoms. The Labute approximate surface area is 869 Å². The zero-order chi connectivity index (χ0) is 107. The molecule has 9 heterocycles. The number of aliphatic hydroxyl groups is 2. The van der Waals surface area contributed by atoms with Crippen molar-refractivity contribution >= 4 is 65.7 Å². The van der Waals surface area contributed by atoms with Gasteiger partial charge in [0.05, 0.1) is 78.6 Å². The number of ether oxygens (including phenoxy) is 15. The molecule has 16 aliphatic carbocycles. The molecular weight excluding hydrogens is 1870 g/mol. The molecule has 25 fully saturated rings. The van der Waals surface area contributed by atoms with E-state index in [0.29, 0.717) is 92.8 Å². The summed E-state index contributed by atoms with van der Waals surface area (Å²) in [4.78, 5) is 132. The van der Waals surface area contributed by atoms with Gasteiger partial charge in [0.1, 0.15) is 40.7 Å². The van der Waals surface area contributed by atoms with E-state index in [0.717, 1.165) is 138 Å². The zero-order valence-electron chi connectivity index (χ0n) is 93.7. The molecule has 0 amide bonds. The minimum Gasteiger partial charge on any atom is -0.481 e. The van der Waals surface area contributed by atoms with Gasteiger partial charge >= 0.3 is 65.7 Å². The van der Waals surface area contributed by atoms with Gasteiger partial charge in [0.2, 0.25) is 6.10 Å². The molecule has 26 atom stereocenters. The minimum absolute atomic E-state index is 0.0364. The van der Waals surface area contributed by atoms with Crippen molar-refractivity contribution in [3.8, 4) is 0 Å². The quantitative estimate of drug-likeness (QED) is 0.0434. The Kier molecular flexibility index (Phi) is 32.2. The van der Waals surface area contributed by atoms with Gasteiger partial charge in [-0.1, -0.05) is 69.2 Å². The lowest BCUT2D eigenvalue weighted by molar-refractivity contribution is -0.226. The first-order valence-corrected chi connectivity index (χ1v) is 57.1. The second-order valence-corrected chi connectivity index (χ2v) is 55.1. The highest BCUT2D eigenvalue weighted by Gasteiger charge is 2.72. The first kappa shape index (κ1) is 114. The summed E-state index contributed by atoms with van der Waals surface area (Å²) in [7, 11) is 0. The molecule has 25 rings (SSSR count). The van der Waals surface area contributed by atoms with Crippen LogP contribution in [0.15, 0.2) is 0 Å². The lowest BCUT2D eigenvalue weighted by Gasteiger charge is -2.60. The number of hydrogen-bond donors (Lipinski definition) is 3. The van der Waals surface area contributed by atoms with Crippen LogP contribution < -0.4 is 0 Å². The smallest absolute Gasteiger partial charge is 0.350 e. The monoisotopic (exact) mass is 2050 g/mol. The van der Waals surface area contributed by atoms with E-state index in [1.165, 1.54) is 70.6 Å². The molecular formula is C117H184O29. The minimum atomic E-state index is -1.07. The van der Waals surface area contributed by atoms with Crippen LogP contribution in [0.3, 0.4) is 0 Å². The molecule has 0 radical (unpaired) electrons. The Morgan fingerprint density at radius 2 is 0.705 bits per heavy atom. The predicted octanol–water partition coefficient (Wildman–Crippen LogP) is 20.2. The van der Waals surface area contributed by atoms with Crippen molar-refractivity contribution in [1.82, 2.24) is 0 Å². The van der Waals surface area contributed by atoms with Gasteiger partial charge in [-0.25, -0.2) is 4.79 Å². The summed E-state index contributed by atoms with van der Waals surface area (Å²) in [5, 5.41) is 29.7. The molecule has 25 aliphatic rings. The third kappa shape index (κ3) is 22.1. The Morgan fingerprint density at radius 1 is 0.342 bits per heavy atom. The maximum absolute atomic E-state index is 12.7. The molecule has 9 saturated heterocycles. The van der Waals surface area contributed by atoms with Gasteiger partial charge in [0, 0.05) is 18.8 Å². The van der Waals surface area contributed by atoms with Crippen molar-refractivity contribution in [2.45, 2.75) is 531 Å². The summed E-state index contributed by atoms with van der Waals surface area (Å²) in [6.45, 7) is 54.2. The Balaban J connectivity index is 0.000000126. The summed E-state index contributed by atoms with van der Waals surface area (Å²) in [5.74, 6) is 6.90. The summed E-state index contributed by atoms with van der Waals surface area (Å²) < 4.78 is 85.2. The molecule has 9 aliphatic heterocycles. The zero-order valence-corrected chi connectivity index (χ0v) is 93.7. The molecule has 0 aromatic carbocycles. The number of esters is 10. The average Bonchev–Trinajstić information content (AvgIpc) is 1.53. The molecule has 29 heteroatoms. The molecule has 3 N–H and O–H groups in total. The summed E-state index contributed by atoms with van der Waals surface area (Å²) >= 11 is 0. The van der Waals surface area contributed by atoms with E-state index in [1.807, 2.05) is 125 Å². The van der Waals surface area contributed by atoms with Crippen molar-refractivity contribution in [2.24, 2.45) is 138 Å². The van der Waals surface area contributed by atoms with Crippen LogP contribution in [0.2, 0.25) is 0 Å². The number of carboxylic acids is 1. The fourth-order valence-electron chi connectivity index (χ4n) is 30.0. The van der Waals surface area contributed by atoms with E-state index in [4.69, 9.17) is 76.2 Å². The van der Waals surface area contributed by atoms with E-state index in [9.17, 15) is 63.0 Å². The van der Waals surface area contributed by atoms with E-state index < -0.39 is 123 Å². The molecule has 0 aromatic heterocycles. The van der Waals surface area contributed by atoms with E-state index in [-0.39, 0.29) is 117 Å². The topological polar surface area (TPSA) is 387 Å². The third-order valence-electron chi connectivity index (χ3n) is 41.3. The highest BCUT2D eigenvalue weighted by Crippen LogP contribution is 2.72. The first-order chi connectivity index (χ1) is 67.9. The van der Waals surface area contributed by atoms with Gasteiger partial charge in [-0.15, -0.1) is 0 Å². The lowest BCUT2D eigenvalue weighted by Crippen LogP contribution is -2.61. The molecule has 826 valence electrons. The van der Waals surface area contributed by atoms with Gasteiger partial charge in [0.15, 0.2) is 48.7 Å². The number of rotatable bonds is 25. The maximum atomic E-state index is 12.7. The van der Waals surface area contributed by atoms with Crippen LogP contribution in [0.5, 0.6) is 0 Å². The maximum Gasteiger partial charge on any atom is 0.350 e. The summed E-state index contributed by atoms with van der Waals surface area (Å²) in [6.07, 6.45) is 28.3. The number of fused-ring (bicyclic) bond motifs is 14. The normalized spacial score (nSPS) is 41.4. The van der Waals surface area contributed by atoms with Crippen LogP contribution >= 0.6 is 0 Å². The molecule has 20 bridgehead atoms. The highest BCUT2D eigenvalue weighted by molar-refractivity contribution is 5.85. The van der Waals surface area contributed by atoms with Crippen molar-refractivity contribution in [3.05, 3.63) is 0 Å². The van der Waals surface area contributed by atoms with Crippen LogP contribution in [-0.4, -0.2) is 200 Å². The largest absolute Gasteiger partial charge is 0.481 e. The summed E-state index contributed by atoms with van der Waals surface area (Å²) in [6, 6.07) is 0. The number of aliphatic carboxylic acids is 1. The first-order valence-electron chi connectivity index (χ1n) is 57.1. The van der Waals surface area contributed by atoms with Crippen LogP contribution in [0.1, 0.15) is 412 Å². The van der Waals surface area contributed by atoms with Crippen molar-refractivity contribution in [2.75, 3.05) is 0 Å². The molecule has 146 heavy (non-hydrogen) atoms. The second-order valence-electron chi connectivity index (χ2n) is 55.1. The third-order valence-corrected chi connectivity index (χ3v) is 41.3. The number of carbonyl (C=O) groups excluding carboxylic acids is 10. The van der Waals surface area contributed by atoms with E-state index in [1.54, 1.807) is 41.5 Å². The fraction of sp³-hybridized carbons (Fsp3) is 0.906. The predicted molar refractivity (Wildman–Crippen MR) is 538 cm³/mol. The number of carbonyl (C=O) groups is 11. The van der Waals surface area contributed by atoms with Gasteiger partial charge in [-0.2, -0.15) is 0 Å². The van der Waals surface area contributed by atoms with Crippen LogP contribution in [0, 0.1) is 138 Å². The van der Waals surface area contributed by atoms with Crippen LogP contribution in [-0.2, 0) is 124 Å². The lowest BCUT2D eigenvalue weighted by atomic mass is 9.49.